The number of rotatable bonds is 1. The summed E-state index contributed by atoms with van der Waals surface area (Å²) in [6.45, 7) is 0. The second-order valence-electron chi connectivity index (χ2n) is 3.63. The maximum Gasteiger partial charge on any atom is 0.220 e. The summed E-state index contributed by atoms with van der Waals surface area (Å²) in [5.41, 5.74) is 2.18. The Balaban J connectivity index is 2.32. The molecule has 0 fully saturated rings. The Labute approximate surface area is 93.8 Å². The standard InChI is InChI=1S/C14H11N2/c1-2-10-16(11-3-1)14-8-4-7-13-12(14)6-5-9-15-13/h1-11H/q+1. The van der Waals surface area contributed by atoms with E-state index in [9.17, 15) is 0 Å². The maximum absolute atomic E-state index is 4.35. The molecular weight excluding hydrogens is 196 g/mol. The molecule has 3 rings (SSSR count). The van der Waals surface area contributed by atoms with Gasteiger partial charge in [-0.1, -0.05) is 12.1 Å². The number of pyridine rings is 2. The van der Waals surface area contributed by atoms with Crippen LogP contribution < -0.4 is 4.57 Å². The van der Waals surface area contributed by atoms with E-state index in [1.54, 1.807) is 0 Å². The molecule has 0 bridgehead atoms. The summed E-state index contributed by atoms with van der Waals surface area (Å²) in [5.74, 6) is 0. The molecule has 3 aromatic rings. The predicted octanol–water partition coefficient (Wildman–Crippen LogP) is 2.51. The van der Waals surface area contributed by atoms with Gasteiger partial charge in [-0.05, 0) is 18.2 Å². The van der Waals surface area contributed by atoms with E-state index in [2.05, 4.69) is 21.7 Å². The summed E-state index contributed by atoms with van der Waals surface area (Å²) in [6.07, 6.45) is 5.91. The van der Waals surface area contributed by atoms with Gasteiger partial charge in [-0.15, -0.1) is 0 Å². The van der Waals surface area contributed by atoms with Crippen LogP contribution >= 0.6 is 0 Å². The largest absolute Gasteiger partial charge is 0.256 e. The first-order valence-electron chi connectivity index (χ1n) is 5.25. The van der Waals surface area contributed by atoms with Gasteiger partial charge in [-0.3, -0.25) is 4.98 Å². The van der Waals surface area contributed by atoms with E-state index in [1.807, 2.05) is 55.0 Å². The molecule has 0 aliphatic carbocycles. The minimum atomic E-state index is 1.02. The first kappa shape index (κ1) is 9.04. The molecule has 16 heavy (non-hydrogen) atoms. The van der Waals surface area contributed by atoms with Crippen molar-refractivity contribution in [1.29, 1.82) is 0 Å². The summed E-state index contributed by atoms with van der Waals surface area (Å²) >= 11 is 0. The maximum atomic E-state index is 4.35. The molecule has 0 saturated carbocycles. The van der Waals surface area contributed by atoms with Crippen LogP contribution in [0.25, 0.3) is 16.6 Å². The SMILES string of the molecule is c1cc[n+](-c2cccc3ncccc23)cc1. The van der Waals surface area contributed by atoms with Gasteiger partial charge in [-0.2, -0.15) is 4.57 Å². The van der Waals surface area contributed by atoms with Crippen LogP contribution in [-0.2, 0) is 0 Å². The molecule has 0 atom stereocenters. The van der Waals surface area contributed by atoms with Crippen LogP contribution in [0.2, 0.25) is 0 Å². The number of benzene rings is 1. The molecule has 0 aliphatic rings. The average Bonchev–Trinajstić information content (AvgIpc) is 2.39. The Kier molecular flexibility index (Phi) is 2.11. The molecule has 2 heteroatoms. The first-order chi connectivity index (χ1) is 7.95. The van der Waals surface area contributed by atoms with Gasteiger partial charge in [0.1, 0.15) is 0 Å². The predicted molar refractivity (Wildman–Crippen MR) is 63.3 cm³/mol. The fourth-order valence-electron chi connectivity index (χ4n) is 1.87. The van der Waals surface area contributed by atoms with Crippen LogP contribution in [-0.4, -0.2) is 4.98 Å². The van der Waals surface area contributed by atoms with Crippen LogP contribution in [0.5, 0.6) is 0 Å². The summed E-state index contributed by atoms with van der Waals surface area (Å²) in [6, 6.07) is 16.3. The van der Waals surface area contributed by atoms with Gasteiger partial charge >= 0.3 is 0 Å². The van der Waals surface area contributed by atoms with Gasteiger partial charge in [0.2, 0.25) is 5.69 Å². The van der Waals surface area contributed by atoms with Gasteiger partial charge < -0.3 is 0 Å². The van der Waals surface area contributed by atoms with E-state index in [0.717, 1.165) is 11.2 Å². The highest BCUT2D eigenvalue weighted by molar-refractivity contribution is 5.84. The highest BCUT2D eigenvalue weighted by Gasteiger charge is 2.09. The third kappa shape index (κ3) is 1.44. The average molecular weight is 207 g/mol. The van der Waals surface area contributed by atoms with Crippen molar-refractivity contribution in [3.8, 4) is 5.69 Å². The van der Waals surface area contributed by atoms with Crippen molar-refractivity contribution in [1.82, 2.24) is 4.98 Å². The lowest BCUT2D eigenvalue weighted by molar-refractivity contribution is -0.594. The number of nitrogens with zero attached hydrogens (tertiary/aromatic N) is 2. The molecule has 0 saturated heterocycles. The number of fused-ring (bicyclic) bond motifs is 1. The summed E-state index contributed by atoms with van der Waals surface area (Å²) in [5, 5.41) is 1.17. The highest BCUT2D eigenvalue weighted by atomic mass is 14.9. The van der Waals surface area contributed by atoms with Crippen molar-refractivity contribution in [3.05, 3.63) is 67.1 Å². The second kappa shape index (κ2) is 3.74. The molecule has 0 aliphatic heterocycles. The van der Waals surface area contributed by atoms with Crippen molar-refractivity contribution in [2.45, 2.75) is 0 Å². The van der Waals surface area contributed by atoms with E-state index in [1.165, 1.54) is 5.39 Å². The van der Waals surface area contributed by atoms with Crippen LogP contribution in [0.1, 0.15) is 0 Å². The topological polar surface area (TPSA) is 16.8 Å². The molecule has 1 aromatic carbocycles. The molecule has 2 heterocycles. The lowest BCUT2D eigenvalue weighted by Crippen LogP contribution is -2.29. The fourth-order valence-corrected chi connectivity index (χ4v) is 1.87. The first-order valence-corrected chi connectivity index (χ1v) is 5.25. The monoisotopic (exact) mass is 207 g/mol. The Bertz CT molecular complexity index is 612. The van der Waals surface area contributed by atoms with E-state index >= 15 is 0 Å². The summed E-state index contributed by atoms with van der Waals surface area (Å²) in [4.78, 5) is 4.35. The van der Waals surface area contributed by atoms with Crippen LogP contribution in [0, 0.1) is 0 Å². The molecule has 2 nitrogen and oxygen atoms in total. The van der Waals surface area contributed by atoms with Crippen molar-refractivity contribution in [2.24, 2.45) is 0 Å². The Hall–Kier alpha value is -2.22. The normalized spacial score (nSPS) is 10.5. The van der Waals surface area contributed by atoms with E-state index < -0.39 is 0 Å². The molecule has 0 spiro atoms. The van der Waals surface area contributed by atoms with E-state index in [4.69, 9.17) is 0 Å². The quantitative estimate of drug-likeness (QED) is 0.560. The molecule has 0 unspecified atom stereocenters. The van der Waals surface area contributed by atoms with Gasteiger partial charge in [0, 0.05) is 24.4 Å². The zero-order valence-electron chi connectivity index (χ0n) is 8.75. The molecule has 0 amide bonds. The fraction of sp³-hybridized carbons (Fsp3) is 0. The zero-order valence-corrected chi connectivity index (χ0v) is 8.75. The number of hydrogen-bond donors (Lipinski definition) is 0. The van der Waals surface area contributed by atoms with Crippen LogP contribution in [0.4, 0.5) is 0 Å². The van der Waals surface area contributed by atoms with Crippen molar-refractivity contribution < 1.29 is 4.57 Å². The third-order valence-electron chi connectivity index (χ3n) is 2.62. The molecule has 0 radical (unpaired) electrons. The Morgan fingerprint density at radius 2 is 1.69 bits per heavy atom. The van der Waals surface area contributed by atoms with Gasteiger partial charge in [0.05, 0.1) is 10.9 Å². The van der Waals surface area contributed by atoms with Gasteiger partial charge in [0.25, 0.3) is 0 Å². The Morgan fingerprint density at radius 1 is 0.812 bits per heavy atom. The van der Waals surface area contributed by atoms with Crippen molar-refractivity contribution >= 4 is 10.9 Å². The minimum Gasteiger partial charge on any atom is -0.256 e. The van der Waals surface area contributed by atoms with Crippen LogP contribution in [0.3, 0.4) is 0 Å². The van der Waals surface area contributed by atoms with Crippen molar-refractivity contribution in [3.63, 3.8) is 0 Å². The second-order valence-corrected chi connectivity index (χ2v) is 3.63. The summed E-state index contributed by atoms with van der Waals surface area (Å²) in [7, 11) is 0. The number of hydrogen-bond acceptors (Lipinski definition) is 1. The highest BCUT2D eigenvalue weighted by Crippen LogP contribution is 2.15. The van der Waals surface area contributed by atoms with Crippen LogP contribution in [0.15, 0.2) is 67.1 Å². The molecular formula is C14H11N2+. The zero-order chi connectivity index (χ0) is 10.8. The van der Waals surface area contributed by atoms with E-state index in [-0.39, 0.29) is 0 Å². The number of aromatic nitrogens is 2. The minimum absolute atomic E-state index is 1.02. The molecule has 2 aromatic heterocycles. The Morgan fingerprint density at radius 3 is 2.56 bits per heavy atom. The third-order valence-corrected chi connectivity index (χ3v) is 2.62. The smallest absolute Gasteiger partial charge is 0.220 e. The van der Waals surface area contributed by atoms with Gasteiger partial charge in [-0.25, -0.2) is 0 Å². The van der Waals surface area contributed by atoms with Crippen molar-refractivity contribution in [2.75, 3.05) is 0 Å². The lowest BCUT2D eigenvalue weighted by atomic mass is 10.2. The molecule has 0 N–H and O–H groups in total. The van der Waals surface area contributed by atoms with E-state index in [0.29, 0.717) is 0 Å². The molecule has 76 valence electrons. The lowest BCUT2D eigenvalue weighted by Gasteiger charge is -1.99. The van der Waals surface area contributed by atoms with Gasteiger partial charge in [0.15, 0.2) is 12.4 Å². The summed E-state index contributed by atoms with van der Waals surface area (Å²) < 4.78 is 2.10.